The van der Waals surface area contributed by atoms with Crippen LogP contribution >= 0.6 is 0 Å². The van der Waals surface area contributed by atoms with E-state index in [-0.39, 0.29) is 64.5 Å². The second-order valence-corrected chi connectivity index (χ2v) is 8.80. The molecule has 0 spiro atoms. The standard InChI is InChI=1S/C25H32N8O5/c1-3-33-23(36)17-7-8-18(38-15-19(34)27-9-12-32-10-5-4-6-11-32)21(37-2)20(17)30-25(33)31-22(35)16-13-28-24(26)29-14-16/h7-8,13-14H,3-6,9-12,15H2,1-2H3,(H,27,34)(H2,26,28,29)(H,30,31,35). The molecule has 38 heavy (non-hydrogen) atoms. The number of nitrogen functional groups attached to an aromatic ring is 1. The molecule has 0 bridgehead atoms. The second-order valence-electron chi connectivity index (χ2n) is 8.80. The van der Waals surface area contributed by atoms with Gasteiger partial charge in [0.05, 0.1) is 18.1 Å². The van der Waals surface area contributed by atoms with Crippen LogP contribution < -0.4 is 31.4 Å². The van der Waals surface area contributed by atoms with Crippen LogP contribution in [0.25, 0.3) is 10.9 Å². The lowest BCUT2D eigenvalue weighted by molar-refractivity contribution is -0.123. The van der Waals surface area contributed by atoms with Crippen LogP contribution in [0, 0.1) is 0 Å². The largest absolute Gasteiger partial charge is 0.491 e. The van der Waals surface area contributed by atoms with Crippen LogP contribution in [0.1, 0.15) is 36.5 Å². The number of anilines is 2. The Morgan fingerprint density at radius 1 is 1.13 bits per heavy atom. The first-order chi connectivity index (χ1) is 18.4. The molecule has 202 valence electrons. The third kappa shape index (κ3) is 6.17. The Hall–Kier alpha value is -4.26. The Balaban J connectivity index is 1.51. The normalized spacial score (nSPS) is 13.7. The van der Waals surface area contributed by atoms with Gasteiger partial charge in [0, 0.05) is 32.0 Å². The average Bonchev–Trinajstić information content (AvgIpc) is 2.92. The van der Waals surface area contributed by atoms with E-state index in [0.717, 1.165) is 19.6 Å². The smallest absolute Gasteiger partial charge is 0.262 e. The Labute approximate surface area is 219 Å². The maximum absolute atomic E-state index is 13.2. The highest BCUT2D eigenvalue weighted by Gasteiger charge is 2.20. The van der Waals surface area contributed by atoms with Crippen molar-refractivity contribution in [1.29, 1.82) is 0 Å². The van der Waals surface area contributed by atoms with Crippen LogP contribution in [0.2, 0.25) is 0 Å². The predicted molar refractivity (Wildman–Crippen MR) is 141 cm³/mol. The Bertz CT molecular complexity index is 1350. The molecule has 3 aromatic rings. The summed E-state index contributed by atoms with van der Waals surface area (Å²) < 4.78 is 12.6. The summed E-state index contributed by atoms with van der Waals surface area (Å²) in [6.45, 7) is 5.25. The van der Waals surface area contributed by atoms with E-state index in [1.54, 1.807) is 19.1 Å². The van der Waals surface area contributed by atoms with Crippen LogP contribution in [-0.2, 0) is 11.3 Å². The molecule has 3 heterocycles. The van der Waals surface area contributed by atoms with Gasteiger partial charge >= 0.3 is 0 Å². The summed E-state index contributed by atoms with van der Waals surface area (Å²) >= 11 is 0. The van der Waals surface area contributed by atoms with E-state index in [0.29, 0.717) is 6.54 Å². The molecule has 2 amide bonds. The van der Waals surface area contributed by atoms with E-state index in [4.69, 9.17) is 15.2 Å². The first-order valence-electron chi connectivity index (χ1n) is 12.5. The zero-order valence-electron chi connectivity index (χ0n) is 21.5. The lowest BCUT2D eigenvalue weighted by Crippen LogP contribution is -2.39. The zero-order chi connectivity index (χ0) is 27.1. The van der Waals surface area contributed by atoms with Crippen molar-refractivity contribution in [3.63, 3.8) is 0 Å². The fraction of sp³-hybridized carbons (Fsp3) is 0.440. The number of carbonyl (C=O) groups is 2. The third-order valence-corrected chi connectivity index (χ3v) is 6.28. The molecule has 13 heteroatoms. The summed E-state index contributed by atoms with van der Waals surface area (Å²) in [6.07, 6.45) is 6.19. The van der Waals surface area contributed by atoms with E-state index in [1.807, 2.05) is 0 Å². The number of nitrogens with zero attached hydrogens (tertiary/aromatic N) is 5. The van der Waals surface area contributed by atoms with Crippen LogP contribution in [0.5, 0.6) is 11.5 Å². The van der Waals surface area contributed by atoms with Crippen LogP contribution in [0.3, 0.4) is 0 Å². The van der Waals surface area contributed by atoms with E-state index in [2.05, 4.69) is 30.5 Å². The molecule has 1 aliphatic heterocycles. The maximum atomic E-state index is 13.2. The molecule has 1 aromatic carbocycles. The number of hydrogen-bond acceptors (Lipinski definition) is 10. The first-order valence-corrected chi connectivity index (χ1v) is 12.5. The minimum atomic E-state index is -0.564. The molecule has 0 aliphatic carbocycles. The fourth-order valence-electron chi connectivity index (χ4n) is 4.30. The Morgan fingerprint density at radius 2 is 1.87 bits per heavy atom. The topological polar surface area (TPSA) is 167 Å². The second kappa shape index (κ2) is 12.3. The number of amides is 2. The summed E-state index contributed by atoms with van der Waals surface area (Å²) in [7, 11) is 1.41. The number of fused-ring (bicyclic) bond motifs is 1. The van der Waals surface area contributed by atoms with Crippen LogP contribution in [0.15, 0.2) is 29.3 Å². The van der Waals surface area contributed by atoms with Crippen molar-refractivity contribution in [3.8, 4) is 11.5 Å². The predicted octanol–water partition coefficient (Wildman–Crippen LogP) is 1.03. The number of benzene rings is 1. The maximum Gasteiger partial charge on any atom is 0.262 e. The lowest BCUT2D eigenvalue weighted by Gasteiger charge is -2.26. The molecule has 1 saturated heterocycles. The molecule has 2 aromatic heterocycles. The monoisotopic (exact) mass is 524 g/mol. The number of rotatable bonds is 10. The van der Waals surface area contributed by atoms with Crippen molar-refractivity contribution >= 4 is 34.6 Å². The number of aromatic nitrogens is 4. The fourth-order valence-corrected chi connectivity index (χ4v) is 4.30. The molecule has 13 nitrogen and oxygen atoms in total. The van der Waals surface area contributed by atoms with E-state index < -0.39 is 5.91 Å². The van der Waals surface area contributed by atoms with Crippen molar-refractivity contribution in [2.24, 2.45) is 0 Å². The molecule has 0 unspecified atom stereocenters. The van der Waals surface area contributed by atoms with Gasteiger partial charge in [0.2, 0.25) is 11.9 Å². The quantitative estimate of drug-likeness (QED) is 0.348. The number of methoxy groups -OCH3 is 1. The molecule has 0 atom stereocenters. The van der Waals surface area contributed by atoms with E-state index >= 15 is 0 Å². The molecule has 0 radical (unpaired) electrons. The number of nitrogens with two attached hydrogens (primary N) is 1. The number of carbonyl (C=O) groups excluding carboxylic acids is 2. The van der Waals surface area contributed by atoms with Crippen molar-refractivity contribution in [2.75, 3.05) is 50.9 Å². The number of ether oxygens (including phenoxy) is 2. The molecule has 0 saturated carbocycles. The van der Waals surface area contributed by atoms with Gasteiger partial charge < -0.3 is 25.4 Å². The Kier molecular flexibility index (Phi) is 8.69. The van der Waals surface area contributed by atoms with Crippen LogP contribution in [0.4, 0.5) is 11.9 Å². The van der Waals surface area contributed by atoms with Gasteiger partial charge in [-0.15, -0.1) is 0 Å². The number of piperidine rings is 1. The third-order valence-electron chi connectivity index (χ3n) is 6.28. The van der Waals surface area contributed by atoms with E-state index in [1.165, 1.54) is 43.3 Å². The number of hydrogen-bond donors (Lipinski definition) is 3. The summed E-state index contributed by atoms with van der Waals surface area (Å²) in [5.74, 6) is -0.364. The summed E-state index contributed by atoms with van der Waals surface area (Å²) in [4.78, 5) is 52.8. The number of likely N-dealkylation sites (tertiary alicyclic amines) is 1. The molecule has 4 rings (SSSR count). The van der Waals surface area contributed by atoms with E-state index in [9.17, 15) is 14.4 Å². The van der Waals surface area contributed by atoms with Crippen LogP contribution in [-0.4, -0.2) is 76.1 Å². The van der Waals surface area contributed by atoms with Gasteiger partial charge in [-0.2, -0.15) is 0 Å². The SMILES string of the molecule is CCn1c(NC(=O)c2cnc(N)nc2)nc2c(OC)c(OCC(=O)NCCN3CCCCC3)ccc2c1=O. The molecular formula is C25H32N8O5. The summed E-state index contributed by atoms with van der Waals surface area (Å²) in [6, 6.07) is 3.12. The van der Waals surface area contributed by atoms with Gasteiger partial charge in [-0.3, -0.25) is 24.3 Å². The summed E-state index contributed by atoms with van der Waals surface area (Å²) in [5, 5.41) is 5.77. The highest BCUT2D eigenvalue weighted by atomic mass is 16.5. The first kappa shape index (κ1) is 26.8. The minimum absolute atomic E-state index is 0.0118. The Morgan fingerprint density at radius 3 is 2.55 bits per heavy atom. The molecule has 1 aliphatic rings. The zero-order valence-corrected chi connectivity index (χ0v) is 21.5. The van der Waals surface area contributed by atoms with Gasteiger partial charge in [0.15, 0.2) is 18.1 Å². The van der Waals surface area contributed by atoms with Gasteiger partial charge in [0.1, 0.15) is 5.52 Å². The van der Waals surface area contributed by atoms with Gasteiger partial charge in [-0.25, -0.2) is 15.0 Å². The molecular weight excluding hydrogens is 492 g/mol. The summed E-state index contributed by atoms with van der Waals surface area (Å²) in [5.41, 5.74) is 5.45. The highest BCUT2D eigenvalue weighted by molar-refractivity contribution is 6.03. The van der Waals surface area contributed by atoms with Crippen molar-refractivity contribution in [3.05, 3.63) is 40.4 Å². The average molecular weight is 525 g/mol. The molecule has 1 fully saturated rings. The van der Waals surface area contributed by atoms with Crippen molar-refractivity contribution < 1.29 is 19.1 Å². The van der Waals surface area contributed by atoms with Gasteiger partial charge in [-0.1, -0.05) is 6.42 Å². The minimum Gasteiger partial charge on any atom is -0.491 e. The van der Waals surface area contributed by atoms with Gasteiger partial charge in [0.25, 0.3) is 17.4 Å². The van der Waals surface area contributed by atoms with Crippen molar-refractivity contribution in [1.82, 2.24) is 29.7 Å². The highest BCUT2D eigenvalue weighted by Crippen LogP contribution is 2.34. The van der Waals surface area contributed by atoms with Crippen molar-refractivity contribution in [2.45, 2.75) is 32.7 Å². The lowest BCUT2D eigenvalue weighted by atomic mass is 10.1. The molecule has 4 N–H and O–H groups in total. The number of nitrogens with one attached hydrogen (secondary N) is 2. The van der Waals surface area contributed by atoms with Gasteiger partial charge in [-0.05, 0) is 45.0 Å².